The second-order valence-electron chi connectivity index (χ2n) is 6.05. The van der Waals surface area contributed by atoms with Crippen LogP contribution in [0.4, 0.5) is 0 Å². The molecule has 104 valence electrons. The maximum Gasteiger partial charge on any atom is 0.132 e. The number of aromatic nitrogens is 2. The van der Waals surface area contributed by atoms with Gasteiger partial charge in [-0.05, 0) is 44.4 Å². The molecule has 2 aromatic rings. The van der Waals surface area contributed by atoms with Gasteiger partial charge in [0.2, 0.25) is 0 Å². The van der Waals surface area contributed by atoms with Crippen LogP contribution in [-0.4, -0.2) is 22.2 Å². The van der Waals surface area contributed by atoms with Crippen LogP contribution in [0.1, 0.15) is 44.0 Å². The van der Waals surface area contributed by atoms with Gasteiger partial charge >= 0.3 is 0 Å². The standard InChI is InChI=1S/C17H20N2O/c1-4-12-5-6-15-14(9-12)11-18-16(19-15)13-7-8-20-17(2,3)10-13/h4-6,9,11,13H,1,7-8,10H2,2-3H3/t13-/m0/s1. The first-order valence-corrected chi connectivity index (χ1v) is 7.10. The molecular weight excluding hydrogens is 248 g/mol. The highest BCUT2D eigenvalue weighted by Crippen LogP contribution is 2.34. The van der Waals surface area contributed by atoms with Gasteiger partial charge in [-0.25, -0.2) is 9.97 Å². The van der Waals surface area contributed by atoms with E-state index in [4.69, 9.17) is 9.72 Å². The average Bonchev–Trinajstić information content (AvgIpc) is 2.45. The first-order chi connectivity index (χ1) is 9.57. The number of rotatable bonds is 2. The Bertz CT molecular complexity index is 648. The molecule has 0 aliphatic carbocycles. The smallest absolute Gasteiger partial charge is 0.132 e. The molecule has 3 heteroatoms. The lowest BCUT2D eigenvalue weighted by atomic mass is 9.88. The molecule has 0 unspecified atom stereocenters. The van der Waals surface area contributed by atoms with E-state index in [2.05, 4.69) is 31.5 Å². The van der Waals surface area contributed by atoms with E-state index in [1.54, 1.807) is 0 Å². The molecule has 20 heavy (non-hydrogen) atoms. The van der Waals surface area contributed by atoms with Crippen molar-refractivity contribution in [3.63, 3.8) is 0 Å². The van der Waals surface area contributed by atoms with Gasteiger partial charge in [0.05, 0.1) is 11.1 Å². The lowest BCUT2D eigenvalue weighted by molar-refractivity contribution is -0.0602. The van der Waals surface area contributed by atoms with Crippen LogP contribution in [0.5, 0.6) is 0 Å². The Hall–Kier alpha value is -1.74. The molecule has 1 aromatic carbocycles. The fourth-order valence-corrected chi connectivity index (χ4v) is 2.84. The van der Waals surface area contributed by atoms with E-state index in [-0.39, 0.29) is 5.60 Å². The Morgan fingerprint density at radius 2 is 2.25 bits per heavy atom. The second-order valence-corrected chi connectivity index (χ2v) is 6.05. The third-order valence-corrected chi connectivity index (χ3v) is 3.92. The molecule has 0 bridgehead atoms. The number of hydrogen-bond donors (Lipinski definition) is 0. The summed E-state index contributed by atoms with van der Waals surface area (Å²) in [7, 11) is 0. The molecule has 0 saturated carbocycles. The largest absolute Gasteiger partial charge is 0.376 e. The van der Waals surface area contributed by atoms with Gasteiger partial charge in [-0.2, -0.15) is 0 Å². The number of hydrogen-bond acceptors (Lipinski definition) is 3. The number of benzene rings is 1. The summed E-state index contributed by atoms with van der Waals surface area (Å²) in [6.45, 7) is 8.85. The Morgan fingerprint density at radius 1 is 1.40 bits per heavy atom. The Kier molecular flexibility index (Phi) is 3.30. The van der Waals surface area contributed by atoms with Gasteiger partial charge in [-0.1, -0.05) is 18.7 Å². The minimum absolute atomic E-state index is 0.0755. The van der Waals surface area contributed by atoms with E-state index >= 15 is 0 Å². The normalized spacial score (nSPS) is 21.8. The summed E-state index contributed by atoms with van der Waals surface area (Å²) >= 11 is 0. The predicted octanol–water partition coefficient (Wildman–Crippen LogP) is 3.95. The fraction of sp³-hybridized carbons (Fsp3) is 0.412. The van der Waals surface area contributed by atoms with E-state index in [9.17, 15) is 0 Å². The first-order valence-electron chi connectivity index (χ1n) is 7.10. The molecule has 3 nitrogen and oxygen atoms in total. The molecule has 0 spiro atoms. The highest BCUT2D eigenvalue weighted by molar-refractivity contribution is 5.80. The molecule has 0 radical (unpaired) electrons. The maximum atomic E-state index is 5.77. The molecule has 1 saturated heterocycles. The number of ether oxygens (including phenoxy) is 1. The van der Waals surface area contributed by atoms with Crippen molar-refractivity contribution in [2.75, 3.05) is 6.61 Å². The summed E-state index contributed by atoms with van der Waals surface area (Å²) in [4.78, 5) is 9.31. The molecular formula is C17H20N2O. The van der Waals surface area contributed by atoms with Crippen LogP contribution >= 0.6 is 0 Å². The maximum absolute atomic E-state index is 5.77. The van der Waals surface area contributed by atoms with Crippen molar-refractivity contribution >= 4 is 17.0 Å². The lowest BCUT2D eigenvalue weighted by Gasteiger charge is -2.34. The van der Waals surface area contributed by atoms with Gasteiger partial charge in [0, 0.05) is 24.1 Å². The summed E-state index contributed by atoms with van der Waals surface area (Å²) in [5, 5.41) is 1.07. The zero-order valence-corrected chi connectivity index (χ0v) is 12.1. The van der Waals surface area contributed by atoms with E-state index in [1.807, 2.05) is 24.4 Å². The van der Waals surface area contributed by atoms with Gasteiger partial charge in [-0.15, -0.1) is 0 Å². The Labute approximate surface area is 119 Å². The zero-order valence-electron chi connectivity index (χ0n) is 12.1. The predicted molar refractivity (Wildman–Crippen MR) is 81.6 cm³/mol. The van der Waals surface area contributed by atoms with Crippen molar-refractivity contribution in [3.05, 3.63) is 42.4 Å². The Morgan fingerprint density at radius 3 is 3.00 bits per heavy atom. The van der Waals surface area contributed by atoms with E-state index in [0.717, 1.165) is 41.7 Å². The van der Waals surface area contributed by atoms with Crippen LogP contribution in [0, 0.1) is 0 Å². The van der Waals surface area contributed by atoms with Crippen molar-refractivity contribution in [3.8, 4) is 0 Å². The zero-order chi connectivity index (χ0) is 14.2. The molecule has 3 rings (SSSR count). The van der Waals surface area contributed by atoms with E-state index in [1.165, 1.54) is 0 Å². The molecule has 1 aromatic heterocycles. The monoisotopic (exact) mass is 268 g/mol. The summed E-state index contributed by atoms with van der Waals surface area (Å²) in [6.07, 6.45) is 5.74. The molecule has 0 N–H and O–H groups in total. The third kappa shape index (κ3) is 2.59. The SMILES string of the molecule is C=Cc1ccc2nc([C@H]3CCOC(C)(C)C3)ncc2c1. The molecule has 1 atom stereocenters. The second kappa shape index (κ2) is 4.98. The van der Waals surface area contributed by atoms with Crippen molar-refractivity contribution in [2.24, 2.45) is 0 Å². The topological polar surface area (TPSA) is 35.0 Å². The highest BCUT2D eigenvalue weighted by Gasteiger charge is 2.31. The van der Waals surface area contributed by atoms with Crippen molar-refractivity contribution in [1.29, 1.82) is 0 Å². The average molecular weight is 268 g/mol. The van der Waals surface area contributed by atoms with E-state index < -0.39 is 0 Å². The minimum atomic E-state index is -0.0755. The van der Waals surface area contributed by atoms with Gasteiger partial charge in [-0.3, -0.25) is 0 Å². The van der Waals surface area contributed by atoms with Gasteiger partial charge in [0.15, 0.2) is 0 Å². The molecule has 1 aliphatic rings. The molecule has 1 fully saturated rings. The van der Waals surface area contributed by atoms with Crippen LogP contribution in [0.2, 0.25) is 0 Å². The van der Waals surface area contributed by atoms with Crippen LogP contribution in [0.15, 0.2) is 31.0 Å². The molecule has 1 aliphatic heterocycles. The summed E-state index contributed by atoms with van der Waals surface area (Å²) < 4.78 is 5.77. The van der Waals surface area contributed by atoms with Crippen molar-refractivity contribution in [1.82, 2.24) is 9.97 Å². The van der Waals surface area contributed by atoms with Crippen molar-refractivity contribution < 1.29 is 4.74 Å². The summed E-state index contributed by atoms with van der Waals surface area (Å²) in [5.41, 5.74) is 2.03. The van der Waals surface area contributed by atoms with Crippen LogP contribution in [-0.2, 0) is 4.74 Å². The van der Waals surface area contributed by atoms with Gasteiger partial charge < -0.3 is 4.74 Å². The highest BCUT2D eigenvalue weighted by atomic mass is 16.5. The minimum Gasteiger partial charge on any atom is -0.376 e. The number of fused-ring (bicyclic) bond motifs is 1. The fourth-order valence-electron chi connectivity index (χ4n) is 2.84. The lowest BCUT2D eigenvalue weighted by Crippen LogP contribution is -2.33. The molecule has 0 amide bonds. The van der Waals surface area contributed by atoms with Crippen molar-refractivity contribution in [2.45, 2.75) is 38.2 Å². The number of nitrogens with zero attached hydrogens (tertiary/aromatic N) is 2. The van der Waals surface area contributed by atoms with Crippen LogP contribution in [0.3, 0.4) is 0 Å². The quantitative estimate of drug-likeness (QED) is 0.827. The summed E-state index contributed by atoms with van der Waals surface area (Å²) in [5.74, 6) is 1.34. The van der Waals surface area contributed by atoms with Gasteiger partial charge in [0.25, 0.3) is 0 Å². The third-order valence-electron chi connectivity index (χ3n) is 3.92. The van der Waals surface area contributed by atoms with Gasteiger partial charge in [0.1, 0.15) is 5.82 Å². The van der Waals surface area contributed by atoms with Crippen LogP contribution in [0.25, 0.3) is 17.0 Å². The molecule has 2 heterocycles. The summed E-state index contributed by atoms with van der Waals surface area (Å²) in [6, 6.07) is 6.15. The van der Waals surface area contributed by atoms with Crippen LogP contribution < -0.4 is 0 Å². The first kappa shape index (κ1) is 13.3. The Balaban J connectivity index is 1.94. The van der Waals surface area contributed by atoms with E-state index in [0.29, 0.717) is 5.92 Å².